The third-order valence-electron chi connectivity index (χ3n) is 7.73. The number of anilines is 3. The molecular formula is C30H43N5O. The predicted molar refractivity (Wildman–Crippen MR) is 153 cm³/mol. The van der Waals surface area contributed by atoms with Crippen molar-refractivity contribution in [2.24, 2.45) is 0 Å². The molecule has 1 aliphatic carbocycles. The molecule has 0 bridgehead atoms. The van der Waals surface area contributed by atoms with Gasteiger partial charge in [-0.25, -0.2) is 9.97 Å². The lowest BCUT2D eigenvalue weighted by atomic mass is 9.88. The van der Waals surface area contributed by atoms with Crippen LogP contribution in [-0.2, 0) is 5.41 Å². The molecule has 2 heterocycles. The van der Waals surface area contributed by atoms with Gasteiger partial charge in [-0.15, -0.1) is 0 Å². The lowest BCUT2D eigenvalue weighted by Crippen LogP contribution is -2.34. The first-order valence-corrected chi connectivity index (χ1v) is 13.5. The number of nitrogens with zero attached hydrogens (tertiary/aromatic N) is 5. The quantitative estimate of drug-likeness (QED) is 0.467. The number of hydrogen-bond acceptors (Lipinski definition) is 6. The SMILES string of the molecule is CC.CN(C)c1ccccc1C1CCN(c2nc(C3(C)CC3)nc3ccc(N(C)CCO)cc23)CC1. The number of aliphatic hydroxyl groups is 1. The average molecular weight is 490 g/mol. The number of para-hydroxylation sites is 1. The second kappa shape index (κ2) is 11.0. The van der Waals surface area contributed by atoms with E-state index in [4.69, 9.17) is 9.97 Å². The van der Waals surface area contributed by atoms with E-state index in [1.54, 1.807) is 0 Å². The fraction of sp³-hybridized carbons (Fsp3) is 0.533. The summed E-state index contributed by atoms with van der Waals surface area (Å²) in [6.45, 7) is 9.01. The molecule has 1 saturated heterocycles. The molecule has 6 heteroatoms. The molecule has 0 unspecified atom stereocenters. The molecule has 1 aromatic heterocycles. The fourth-order valence-electron chi connectivity index (χ4n) is 5.18. The number of rotatable bonds is 7. The predicted octanol–water partition coefficient (Wildman–Crippen LogP) is 5.59. The Morgan fingerprint density at radius 3 is 2.33 bits per heavy atom. The summed E-state index contributed by atoms with van der Waals surface area (Å²) in [4.78, 5) is 17.0. The number of likely N-dealkylation sites (N-methyl/N-ethyl adjacent to an activating group) is 1. The van der Waals surface area contributed by atoms with Crippen LogP contribution in [-0.4, -0.2) is 62.5 Å². The van der Waals surface area contributed by atoms with Gasteiger partial charge in [0, 0.05) is 63.0 Å². The highest BCUT2D eigenvalue weighted by molar-refractivity contribution is 5.92. The zero-order chi connectivity index (χ0) is 25.9. The Hall–Kier alpha value is -2.86. The zero-order valence-corrected chi connectivity index (χ0v) is 23.0. The first kappa shape index (κ1) is 26.2. The van der Waals surface area contributed by atoms with E-state index >= 15 is 0 Å². The molecule has 1 aliphatic heterocycles. The van der Waals surface area contributed by atoms with Gasteiger partial charge in [-0.3, -0.25) is 0 Å². The molecule has 0 atom stereocenters. The van der Waals surface area contributed by atoms with Gasteiger partial charge in [-0.1, -0.05) is 39.0 Å². The van der Waals surface area contributed by atoms with Crippen molar-refractivity contribution in [3.05, 3.63) is 53.9 Å². The van der Waals surface area contributed by atoms with E-state index in [1.165, 1.54) is 24.1 Å². The molecule has 6 nitrogen and oxygen atoms in total. The second-order valence-corrected chi connectivity index (χ2v) is 10.5. The van der Waals surface area contributed by atoms with Gasteiger partial charge in [0.25, 0.3) is 0 Å². The average Bonchev–Trinajstić information content (AvgIpc) is 3.67. The summed E-state index contributed by atoms with van der Waals surface area (Å²) in [6, 6.07) is 15.3. The molecule has 0 radical (unpaired) electrons. The Labute approximate surface area is 217 Å². The Balaban J connectivity index is 0.00000148. The maximum atomic E-state index is 9.40. The van der Waals surface area contributed by atoms with Gasteiger partial charge in [-0.05, 0) is 61.4 Å². The van der Waals surface area contributed by atoms with Gasteiger partial charge in [0.2, 0.25) is 0 Å². The first-order chi connectivity index (χ1) is 17.4. The minimum absolute atomic E-state index is 0.123. The largest absolute Gasteiger partial charge is 0.395 e. The Morgan fingerprint density at radius 1 is 1.00 bits per heavy atom. The third-order valence-corrected chi connectivity index (χ3v) is 7.73. The summed E-state index contributed by atoms with van der Waals surface area (Å²) in [5, 5.41) is 10.5. The lowest BCUT2D eigenvalue weighted by molar-refractivity contribution is 0.304. The molecule has 1 saturated carbocycles. The summed E-state index contributed by atoms with van der Waals surface area (Å²) < 4.78 is 0. The van der Waals surface area contributed by atoms with Gasteiger partial charge < -0.3 is 19.8 Å². The van der Waals surface area contributed by atoms with E-state index in [0.29, 0.717) is 12.5 Å². The van der Waals surface area contributed by atoms with E-state index in [9.17, 15) is 5.11 Å². The van der Waals surface area contributed by atoms with Gasteiger partial charge in [0.05, 0.1) is 12.1 Å². The van der Waals surface area contributed by atoms with Crippen LogP contribution in [0.4, 0.5) is 17.2 Å². The highest BCUT2D eigenvalue weighted by atomic mass is 16.3. The summed E-state index contributed by atoms with van der Waals surface area (Å²) in [5.74, 6) is 2.63. The van der Waals surface area contributed by atoms with E-state index in [-0.39, 0.29) is 12.0 Å². The fourth-order valence-corrected chi connectivity index (χ4v) is 5.18. The van der Waals surface area contributed by atoms with Crippen LogP contribution in [0.1, 0.15) is 63.8 Å². The highest BCUT2D eigenvalue weighted by Gasteiger charge is 2.42. The standard InChI is InChI=1S/C28H37N5O.C2H6/c1-28(13-14-28)27-29-24-10-9-21(32(4)17-18-34)19-23(24)26(30-27)33-15-11-20(12-16-33)22-7-5-6-8-25(22)31(2)3;1-2/h5-10,19-20,34H,11-18H2,1-4H3;1-2H3. The summed E-state index contributed by atoms with van der Waals surface area (Å²) in [6.07, 6.45) is 4.57. The minimum atomic E-state index is 0.123. The number of hydrogen-bond donors (Lipinski definition) is 1. The Bertz CT molecular complexity index is 1170. The van der Waals surface area contributed by atoms with Crippen molar-refractivity contribution in [3.63, 3.8) is 0 Å². The third kappa shape index (κ3) is 5.29. The molecule has 3 aromatic rings. The normalized spacial score (nSPS) is 16.9. The topological polar surface area (TPSA) is 55.7 Å². The summed E-state index contributed by atoms with van der Waals surface area (Å²) in [7, 11) is 6.28. The summed E-state index contributed by atoms with van der Waals surface area (Å²) >= 11 is 0. The Morgan fingerprint density at radius 2 is 1.69 bits per heavy atom. The van der Waals surface area contributed by atoms with Gasteiger partial charge in [0.15, 0.2) is 0 Å². The maximum Gasteiger partial charge on any atom is 0.140 e. The van der Waals surface area contributed by atoms with Gasteiger partial charge in [0.1, 0.15) is 11.6 Å². The van der Waals surface area contributed by atoms with E-state index in [0.717, 1.165) is 54.2 Å². The molecule has 2 fully saturated rings. The van der Waals surface area contributed by atoms with E-state index in [1.807, 2.05) is 20.9 Å². The lowest BCUT2D eigenvalue weighted by Gasteiger charge is -2.35. The molecule has 1 N–H and O–H groups in total. The number of piperidine rings is 1. The minimum Gasteiger partial charge on any atom is -0.395 e. The van der Waals surface area contributed by atoms with Crippen LogP contribution in [0.3, 0.4) is 0 Å². The number of aromatic nitrogens is 2. The van der Waals surface area contributed by atoms with E-state index in [2.05, 4.69) is 78.2 Å². The van der Waals surface area contributed by atoms with Crippen molar-refractivity contribution in [1.82, 2.24) is 9.97 Å². The van der Waals surface area contributed by atoms with Gasteiger partial charge >= 0.3 is 0 Å². The van der Waals surface area contributed by atoms with Crippen LogP contribution in [0.25, 0.3) is 10.9 Å². The number of fused-ring (bicyclic) bond motifs is 1. The van der Waals surface area contributed by atoms with Crippen molar-refractivity contribution in [2.75, 3.05) is 62.1 Å². The van der Waals surface area contributed by atoms with Crippen molar-refractivity contribution < 1.29 is 5.11 Å². The maximum absolute atomic E-state index is 9.40. The molecule has 2 aliphatic rings. The highest BCUT2D eigenvalue weighted by Crippen LogP contribution is 2.47. The van der Waals surface area contributed by atoms with Crippen LogP contribution in [0.15, 0.2) is 42.5 Å². The smallest absolute Gasteiger partial charge is 0.140 e. The molecule has 0 amide bonds. The zero-order valence-electron chi connectivity index (χ0n) is 23.0. The van der Waals surface area contributed by atoms with Crippen LogP contribution >= 0.6 is 0 Å². The number of benzene rings is 2. The van der Waals surface area contributed by atoms with Crippen LogP contribution in [0.2, 0.25) is 0 Å². The van der Waals surface area contributed by atoms with Crippen LogP contribution in [0, 0.1) is 0 Å². The van der Waals surface area contributed by atoms with E-state index < -0.39 is 0 Å². The Kier molecular flexibility index (Phi) is 8.04. The van der Waals surface area contributed by atoms with Crippen molar-refractivity contribution >= 4 is 28.1 Å². The van der Waals surface area contributed by atoms with Crippen molar-refractivity contribution in [1.29, 1.82) is 0 Å². The van der Waals surface area contributed by atoms with Crippen molar-refractivity contribution in [2.45, 2.75) is 57.8 Å². The first-order valence-electron chi connectivity index (χ1n) is 13.5. The monoisotopic (exact) mass is 489 g/mol. The summed E-state index contributed by atoms with van der Waals surface area (Å²) in [5.41, 5.74) is 5.02. The molecular weight excluding hydrogens is 446 g/mol. The number of aliphatic hydroxyl groups excluding tert-OH is 1. The molecule has 2 aromatic carbocycles. The second-order valence-electron chi connectivity index (χ2n) is 10.5. The van der Waals surface area contributed by atoms with Gasteiger partial charge in [-0.2, -0.15) is 0 Å². The van der Waals surface area contributed by atoms with Crippen LogP contribution < -0.4 is 14.7 Å². The molecule has 36 heavy (non-hydrogen) atoms. The van der Waals surface area contributed by atoms with Crippen molar-refractivity contribution in [3.8, 4) is 0 Å². The molecule has 5 rings (SSSR count). The molecule has 0 spiro atoms. The van der Waals surface area contributed by atoms with Crippen LogP contribution in [0.5, 0.6) is 0 Å². The molecule has 194 valence electrons.